The van der Waals surface area contributed by atoms with Crippen molar-refractivity contribution in [3.8, 4) is 0 Å². The van der Waals surface area contributed by atoms with E-state index in [0.717, 1.165) is 30.8 Å². The van der Waals surface area contributed by atoms with Gasteiger partial charge in [-0.15, -0.1) is 0 Å². The molecule has 4 nitrogen and oxygen atoms in total. The molecular formula is C14H20N4. The van der Waals surface area contributed by atoms with Crippen LogP contribution in [0.25, 0.3) is 0 Å². The predicted molar refractivity (Wildman–Crippen MR) is 74.3 cm³/mol. The third-order valence-corrected chi connectivity index (χ3v) is 3.03. The number of hydrogen-bond acceptors (Lipinski definition) is 3. The van der Waals surface area contributed by atoms with Crippen molar-refractivity contribution in [3.63, 3.8) is 0 Å². The van der Waals surface area contributed by atoms with Crippen LogP contribution in [-0.2, 0) is 13.0 Å². The van der Waals surface area contributed by atoms with Gasteiger partial charge in [0.05, 0.1) is 12.7 Å². The summed E-state index contributed by atoms with van der Waals surface area (Å²) in [5.74, 6) is 0.755. The summed E-state index contributed by atoms with van der Waals surface area (Å²) >= 11 is 0. The fourth-order valence-electron chi connectivity index (χ4n) is 2.03. The summed E-state index contributed by atoms with van der Waals surface area (Å²) in [6.07, 6.45) is 3.69. The summed E-state index contributed by atoms with van der Waals surface area (Å²) in [4.78, 5) is 0. The van der Waals surface area contributed by atoms with Crippen molar-refractivity contribution in [2.45, 2.75) is 26.3 Å². The molecule has 0 fully saturated rings. The van der Waals surface area contributed by atoms with Crippen molar-refractivity contribution in [1.82, 2.24) is 9.78 Å². The molecular weight excluding hydrogens is 224 g/mol. The van der Waals surface area contributed by atoms with Crippen LogP contribution in [0.5, 0.6) is 0 Å². The van der Waals surface area contributed by atoms with Gasteiger partial charge in [0.1, 0.15) is 5.82 Å². The molecule has 0 atom stereocenters. The van der Waals surface area contributed by atoms with Crippen LogP contribution in [0.15, 0.2) is 30.5 Å². The van der Waals surface area contributed by atoms with Gasteiger partial charge in [0.2, 0.25) is 0 Å². The van der Waals surface area contributed by atoms with Crippen LogP contribution in [0.4, 0.5) is 5.82 Å². The second kappa shape index (κ2) is 5.69. The molecule has 0 radical (unpaired) electrons. The van der Waals surface area contributed by atoms with Crippen molar-refractivity contribution in [2.24, 2.45) is 5.73 Å². The second-order valence-electron chi connectivity index (χ2n) is 4.59. The fourth-order valence-corrected chi connectivity index (χ4v) is 2.03. The van der Waals surface area contributed by atoms with E-state index in [1.165, 1.54) is 11.1 Å². The van der Waals surface area contributed by atoms with E-state index in [-0.39, 0.29) is 0 Å². The summed E-state index contributed by atoms with van der Waals surface area (Å²) in [6, 6.07) is 8.39. The van der Waals surface area contributed by atoms with Crippen LogP contribution in [0.1, 0.15) is 23.1 Å². The van der Waals surface area contributed by atoms with Crippen molar-refractivity contribution in [2.75, 3.05) is 12.3 Å². The molecule has 4 N–H and O–H groups in total. The first kappa shape index (κ1) is 12.6. The molecule has 0 unspecified atom stereocenters. The van der Waals surface area contributed by atoms with Crippen LogP contribution in [0.3, 0.4) is 0 Å². The Balaban J connectivity index is 2.12. The molecule has 2 rings (SSSR count). The van der Waals surface area contributed by atoms with Gasteiger partial charge in [-0.3, -0.25) is 0 Å². The Bertz CT molecular complexity index is 516. The Kier molecular flexibility index (Phi) is 3.99. The quantitative estimate of drug-likeness (QED) is 0.841. The number of aryl methyl sites for hydroxylation is 2. The van der Waals surface area contributed by atoms with E-state index >= 15 is 0 Å². The summed E-state index contributed by atoms with van der Waals surface area (Å²) in [5.41, 5.74) is 15.2. The van der Waals surface area contributed by atoms with E-state index in [9.17, 15) is 0 Å². The summed E-state index contributed by atoms with van der Waals surface area (Å²) in [6.45, 7) is 3.49. The lowest BCUT2D eigenvalue weighted by atomic mass is 10.1. The Morgan fingerprint density at radius 2 is 2.17 bits per heavy atom. The van der Waals surface area contributed by atoms with Gasteiger partial charge < -0.3 is 11.5 Å². The molecule has 18 heavy (non-hydrogen) atoms. The van der Waals surface area contributed by atoms with Crippen molar-refractivity contribution in [1.29, 1.82) is 0 Å². The maximum atomic E-state index is 6.09. The van der Waals surface area contributed by atoms with Gasteiger partial charge in [-0.1, -0.05) is 29.8 Å². The SMILES string of the molecule is Cc1cccc(Cn2ncc(CCCN)c2N)c1. The van der Waals surface area contributed by atoms with Gasteiger partial charge >= 0.3 is 0 Å². The van der Waals surface area contributed by atoms with Crippen molar-refractivity contribution >= 4 is 5.82 Å². The van der Waals surface area contributed by atoms with E-state index in [4.69, 9.17) is 11.5 Å². The normalized spacial score (nSPS) is 10.8. The lowest BCUT2D eigenvalue weighted by Crippen LogP contribution is -2.07. The molecule has 0 aliphatic carbocycles. The summed E-state index contributed by atoms with van der Waals surface area (Å²) in [5, 5.41) is 4.34. The third kappa shape index (κ3) is 2.90. The average Bonchev–Trinajstić information content (AvgIpc) is 2.69. The first-order valence-electron chi connectivity index (χ1n) is 6.26. The predicted octanol–water partition coefficient (Wildman–Crippen LogP) is 1.71. The van der Waals surface area contributed by atoms with Crippen LogP contribution >= 0.6 is 0 Å². The van der Waals surface area contributed by atoms with E-state index in [2.05, 4.69) is 36.3 Å². The number of aromatic nitrogens is 2. The van der Waals surface area contributed by atoms with Crippen LogP contribution in [0.2, 0.25) is 0 Å². The average molecular weight is 244 g/mol. The maximum absolute atomic E-state index is 6.09. The Labute approximate surface area is 108 Å². The highest BCUT2D eigenvalue weighted by Crippen LogP contribution is 2.15. The first-order chi connectivity index (χ1) is 8.70. The van der Waals surface area contributed by atoms with Crippen LogP contribution in [0, 0.1) is 6.92 Å². The number of benzene rings is 1. The smallest absolute Gasteiger partial charge is 0.125 e. The Morgan fingerprint density at radius 3 is 2.89 bits per heavy atom. The minimum atomic E-state index is 0.683. The molecule has 4 heteroatoms. The van der Waals surface area contributed by atoms with Gasteiger partial charge in [0.25, 0.3) is 0 Å². The van der Waals surface area contributed by atoms with Crippen molar-refractivity contribution < 1.29 is 0 Å². The van der Waals surface area contributed by atoms with Gasteiger partial charge in [-0.2, -0.15) is 5.10 Å². The number of nitrogen functional groups attached to an aromatic ring is 1. The highest BCUT2D eigenvalue weighted by Gasteiger charge is 2.07. The molecule has 0 saturated heterocycles. The fraction of sp³-hybridized carbons (Fsp3) is 0.357. The molecule has 1 aromatic carbocycles. The first-order valence-corrected chi connectivity index (χ1v) is 6.26. The molecule has 1 aromatic heterocycles. The minimum absolute atomic E-state index is 0.683. The second-order valence-corrected chi connectivity index (χ2v) is 4.59. The standard InChI is InChI=1S/C14H20N4/c1-11-4-2-5-12(8-11)10-18-14(16)13(9-17-18)6-3-7-15/h2,4-5,8-9H,3,6-7,10,15-16H2,1H3. The summed E-state index contributed by atoms with van der Waals surface area (Å²) < 4.78 is 1.85. The molecule has 0 amide bonds. The topological polar surface area (TPSA) is 69.9 Å². The van der Waals surface area contributed by atoms with E-state index in [1.54, 1.807) is 0 Å². The number of hydrogen-bond donors (Lipinski definition) is 2. The monoisotopic (exact) mass is 244 g/mol. The zero-order chi connectivity index (χ0) is 13.0. The zero-order valence-corrected chi connectivity index (χ0v) is 10.8. The van der Waals surface area contributed by atoms with E-state index < -0.39 is 0 Å². The van der Waals surface area contributed by atoms with Gasteiger partial charge in [0, 0.05) is 5.56 Å². The minimum Gasteiger partial charge on any atom is -0.384 e. The molecule has 0 aliphatic rings. The number of anilines is 1. The van der Waals surface area contributed by atoms with Crippen LogP contribution in [-0.4, -0.2) is 16.3 Å². The highest BCUT2D eigenvalue weighted by atomic mass is 15.3. The third-order valence-electron chi connectivity index (χ3n) is 3.03. The molecule has 0 spiro atoms. The molecule has 0 saturated carbocycles. The number of rotatable bonds is 5. The number of nitrogens with two attached hydrogens (primary N) is 2. The van der Waals surface area contributed by atoms with Gasteiger partial charge in [0.15, 0.2) is 0 Å². The largest absolute Gasteiger partial charge is 0.384 e. The molecule has 1 heterocycles. The lowest BCUT2D eigenvalue weighted by molar-refractivity contribution is 0.696. The highest BCUT2D eigenvalue weighted by molar-refractivity contribution is 5.39. The lowest BCUT2D eigenvalue weighted by Gasteiger charge is -2.06. The van der Waals surface area contributed by atoms with Crippen LogP contribution < -0.4 is 11.5 Å². The molecule has 0 aliphatic heterocycles. The van der Waals surface area contributed by atoms with Gasteiger partial charge in [-0.05, 0) is 31.9 Å². The Hall–Kier alpha value is -1.81. The zero-order valence-electron chi connectivity index (χ0n) is 10.8. The van der Waals surface area contributed by atoms with Crippen molar-refractivity contribution in [3.05, 3.63) is 47.2 Å². The van der Waals surface area contributed by atoms with Gasteiger partial charge in [-0.25, -0.2) is 4.68 Å². The molecule has 96 valence electrons. The van der Waals surface area contributed by atoms with E-state index in [1.807, 2.05) is 10.9 Å². The number of nitrogens with zero attached hydrogens (tertiary/aromatic N) is 2. The molecule has 0 bridgehead atoms. The Morgan fingerprint density at radius 1 is 1.33 bits per heavy atom. The maximum Gasteiger partial charge on any atom is 0.125 e. The molecule has 2 aromatic rings. The summed E-state index contributed by atoms with van der Waals surface area (Å²) in [7, 11) is 0. The van der Waals surface area contributed by atoms with E-state index in [0.29, 0.717) is 6.54 Å².